The molecule has 0 saturated heterocycles. The number of carboxylic acids is 2. The van der Waals surface area contributed by atoms with E-state index >= 15 is 0 Å². The van der Waals surface area contributed by atoms with Gasteiger partial charge in [-0.05, 0) is 32.1 Å². The van der Waals surface area contributed by atoms with Crippen molar-refractivity contribution in [2.24, 2.45) is 0 Å². The molecule has 0 radical (unpaired) electrons. The molecule has 14 nitrogen and oxygen atoms in total. The van der Waals surface area contributed by atoms with Crippen LogP contribution < -0.4 is 16.0 Å². The highest BCUT2D eigenvalue weighted by Crippen LogP contribution is 2.13. The van der Waals surface area contributed by atoms with Gasteiger partial charge in [0.25, 0.3) is 0 Å². The maximum atomic E-state index is 12.0. The maximum Gasteiger partial charge on any atom is 0.326 e. The number of hydrogen-bond donors (Lipinski definition) is 5. The first kappa shape index (κ1) is 45.9. The Morgan fingerprint density at radius 3 is 1.37 bits per heavy atom. The molecule has 0 spiro atoms. The second-order valence-corrected chi connectivity index (χ2v) is 12.1. The molecule has 284 valence electrons. The summed E-state index contributed by atoms with van der Waals surface area (Å²) in [5.74, 6) is -2.71. The predicted octanol–water partition coefficient (Wildman–Crippen LogP) is 3.92. The summed E-state index contributed by atoms with van der Waals surface area (Å²) in [6, 6.07) is -1.15. The molecular formula is C35H63N3O11. The number of nitrogens with one attached hydrogen (secondary N) is 3. The van der Waals surface area contributed by atoms with Crippen molar-refractivity contribution in [2.75, 3.05) is 52.7 Å². The molecule has 0 unspecified atom stereocenters. The molecule has 0 rings (SSSR count). The molecule has 0 aromatic heterocycles. The number of unbranched alkanes of at least 4 members (excludes halogenated alkanes) is 11. The van der Waals surface area contributed by atoms with E-state index in [0.717, 1.165) is 38.5 Å². The molecule has 0 aliphatic rings. The van der Waals surface area contributed by atoms with E-state index in [1.165, 1.54) is 44.9 Å². The van der Waals surface area contributed by atoms with Crippen LogP contribution in [0.5, 0.6) is 0 Å². The molecule has 3 amide bonds. The minimum atomic E-state index is -1.22. The van der Waals surface area contributed by atoms with E-state index in [9.17, 15) is 28.8 Å². The quantitative estimate of drug-likeness (QED) is 0.0463. The van der Waals surface area contributed by atoms with E-state index in [1.54, 1.807) is 0 Å². The van der Waals surface area contributed by atoms with E-state index in [0.29, 0.717) is 71.9 Å². The number of carboxylic acid groups (broad SMARTS) is 2. The normalized spacial score (nSPS) is 11.5. The van der Waals surface area contributed by atoms with Crippen LogP contribution in [0.1, 0.15) is 128 Å². The molecule has 0 saturated carbocycles. The summed E-state index contributed by atoms with van der Waals surface area (Å²) in [5.41, 5.74) is 0. The fourth-order valence-corrected chi connectivity index (χ4v) is 4.84. The maximum absolute atomic E-state index is 12.0. The third-order valence-corrected chi connectivity index (χ3v) is 7.65. The lowest BCUT2D eigenvalue weighted by Crippen LogP contribution is -2.41. The Morgan fingerprint density at radius 2 is 0.918 bits per heavy atom. The molecule has 49 heavy (non-hydrogen) atoms. The Morgan fingerprint density at radius 1 is 0.510 bits per heavy atom. The SMILES string of the molecule is O=CCC[C@H](NC(=O)CCC(=O)NCCCOCCOCCOCCCNC(=O)CCCCCCCCCCCCCCC(=O)O)C(=O)O. The first-order valence-electron chi connectivity index (χ1n) is 18.2. The van der Waals surface area contributed by atoms with Gasteiger partial charge in [-0.1, -0.05) is 64.2 Å². The Kier molecular flexibility index (Phi) is 32.6. The largest absolute Gasteiger partial charge is 0.481 e. The molecule has 14 heteroatoms. The number of carbonyl (C=O) groups is 6. The fraction of sp³-hybridized carbons (Fsp3) is 0.829. The minimum absolute atomic E-state index is 0.00478. The predicted molar refractivity (Wildman–Crippen MR) is 184 cm³/mol. The van der Waals surface area contributed by atoms with Crippen LogP contribution in [0.4, 0.5) is 0 Å². The third-order valence-electron chi connectivity index (χ3n) is 7.65. The minimum Gasteiger partial charge on any atom is -0.481 e. The number of ether oxygens (including phenoxy) is 3. The van der Waals surface area contributed by atoms with Crippen LogP contribution in [0, 0.1) is 0 Å². The average Bonchev–Trinajstić information content (AvgIpc) is 3.07. The third kappa shape index (κ3) is 34.6. The van der Waals surface area contributed by atoms with Crippen molar-refractivity contribution >= 4 is 35.9 Å². The van der Waals surface area contributed by atoms with Gasteiger partial charge in [-0.2, -0.15) is 0 Å². The summed E-state index contributed by atoms with van der Waals surface area (Å²) in [4.78, 5) is 67.7. The summed E-state index contributed by atoms with van der Waals surface area (Å²) < 4.78 is 16.5. The number of hydrogen-bond acceptors (Lipinski definition) is 9. The van der Waals surface area contributed by atoms with Gasteiger partial charge in [-0.3, -0.25) is 19.2 Å². The summed E-state index contributed by atoms with van der Waals surface area (Å²) in [6.45, 7) is 3.70. The van der Waals surface area contributed by atoms with E-state index < -0.39 is 23.9 Å². The molecule has 5 N–H and O–H groups in total. The Bertz CT molecular complexity index is 889. The number of carbonyl (C=O) groups excluding carboxylic acids is 4. The average molecular weight is 702 g/mol. The number of aldehydes is 1. The van der Waals surface area contributed by atoms with Crippen molar-refractivity contribution in [2.45, 2.75) is 134 Å². The van der Waals surface area contributed by atoms with E-state index in [1.807, 2.05) is 0 Å². The lowest BCUT2D eigenvalue weighted by molar-refractivity contribution is -0.142. The topological polar surface area (TPSA) is 207 Å². The van der Waals surface area contributed by atoms with Crippen LogP contribution in [0.25, 0.3) is 0 Å². The first-order valence-corrected chi connectivity index (χ1v) is 18.2. The highest BCUT2D eigenvalue weighted by atomic mass is 16.5. The van der Waals surface area contributed by atoms with Crippen LogP contribution in [-0.4, -0.2) is 105 Å². The van der Waals surface area contributed by atoms with E-state index in [-0.39, 0.29) is 43.9 Å². The van der Waals surface area contributed by atoms with Crippen LogP contribution in [0.15, 0.2) is 0 Å². The summed E-state index contributed by atoms with van der Waals surface area (Å²) in [7, 11) is 0. The number of rotatable bonds is 37. The van der Waals surface area contributed by atoms with Gasteiger partial charge in [0.05, 0.1) is 26.4 Å². The molecule has 1 atom stereocenters. The van der Waals surface area contributed by atoms with Gasteiger partial charge in [0.15, 0.2) is 0 Å². The second kappa shape index (κ2) is 34.8. The molecule has 0 heterocycles. The van der Waals surface area contributed by atoms with Crippen molar-refractivity contribution in [3.05, 3.63) is 0 Å². The molecule has 0 fully saturated rings. The zero-order chi connectivity index (χ0) is 36.2. The number of amides is 3. The second-order valence-electron chi connectivity index (χ2n) is 12.1. The highest BCUT2D eigenvalue weighted by molar-refractivity contribution is 5.87. The van der Waals surface area contributed by atoms with E-state index in [4.69, 9.17) is 24.4 Å². The van der Waals surface area contributed by atoms with Crippen molar-refractivity contribution in [3.8, 4) is 0 Å². The van der Waals surface area contributed by atoms with Crippen molar-refractivity contribution in [1.82, 2.24) is 16.0 Å². The number of aliphatic carboxylic acids is 2. The van der Waals surface area contributed by atoms with Gasteiger partial charge in [-0.15, -0.1) is 0 Å². The first-order chi connectivity index (χ1) is 23.8. The van der Waals surface area contributed by atoms with Gasteiger partial charge in [0.2, 0.25) is 17.7 Å². The fourth-order valence-electron chi connectivity index (χ4n) is 4.84. The van der Waals surface area contributed by atoms with Crippen molar-refractivity contribution < 1.29 is 53.2 Å². The van der Waals surface area contributed by atoms with Crippen LogP contribution >= 0.6 is 0 Å². The highest BCUT2D eigenvalue weighted by Gasteiger charge is 2.19. The van der Waals surface area contributed by atoms with Crippen LogP contribution in [0.2, 0.25) is 0 Å². The Hall–Kier alpha value is -3.10. The van der Waals surface area contributed by atoms with Gasteiger partial charge in [-0.25, -0.2) is 4.79 Å². The van der Waals surface area contributed by atoms with Gasteiger partial charge < -0.3 is 45.2 Å². The van der Waals surface area contributed by atoms with Gasteiger partial charge in [0, 0.05) is 58.4 Å². The standard InChI is InChI=1S/C35H63N3O11/c39-23-13-16-30(35(45)46)38-33(42)20-19-32(41)37-22-15-25-48-27-29-49-28-26-47-24-14-21-36-31(40)17-11-9-7-5-3-1-2-4-6-8-10-12-18-34(43)44/h23,30H,1-22,24-29H2,(H,36,40)(H,37,41)(H,38,42)(H,43,44)(H,45,46)/t30-/m0/s1. The zero-order valence-electron chi connectivity index (χ0n) is 29.5. The molecule has 0 aliphatic heterocycles. The molecule has 0 bridgehead atoms. The van der Waals surface area contributed by atoms with Crippen LogP contribution in [-0.2, 0) is 43.0 Å². The molecular weight excluding hydrogens is 638 g/mol. The molecule has 0 aromatic rings. The summed E-state index contributed by atoms with van der Waals surface area (Å²) in [5, 5.41) is 25.6. The molecule has 0 aromatic carbocycles. The smallest absolute Gasteiger partial charge is 0.326 e. The zero-order valence-corrected chi connectivity index (χ0v) is 29.5. The lowest BCUT2D eigenvalue weighted by atomic mass is 10.0. The lowest BCUT2D eigenvalue weighted by Gasteiger charge is -2.13. The Balaban J connectivity index is 3.37. The summed E-state index contributed by atoms with van der Waals surface area (Å²) in [6.07, 6.45) is 16.1. The van der Waals surface area contributed by atoms with Gasteiger partial charge >= 0.3 is 11.9 Å². The molecule has 0 aliphatic carbocycles. The van der Waals surface area contributed by atoms with E-state index in [2.05, 4.69) is 16.0 Å². The van der Waals surface area contributed by atoms with Gasteiger partial charge in [0.1, 0.15) is 12.3 Å². The monoisotopic (exact) mass is 701 g/mol. The summed E-state index contributed by atoms with van der Waals surface area (Å²) >= 11 is 0. The van der Waals surface area contributed by atoms with Crippen LogP contribution in [0.3, 0.4) is 0 Å². The Labute approximate surface area is 292 Å². The van der Waals surface area contributed by atoms with Crippen molar-refractivity contribution in [3.63, 3.8) is 0 Å². The van der Waals surface area contributed by atoms with Crippen molar-refractivity contribution in [1.29, 1.82) is 0 Å².